The molecule has 1 fully saturated rings. The summed E-state index contributed by atoms with van der Waals surface area (Å²) >= 11 is 0. The van der Waals surface area contributed by atoms with Crippen LogP contribution in [-0.2, 0) is 56.0 Å². The number of nitrogens with one attached hydrogen (secondary N) is 6. The lowest BCUT2D eigenvalue weighted by atomic mass is 9.89. The van der Waals surface area contributed by atoms with Crippen molar-refractivity contribution < 1.29 is 57.7 Å². The fourth-order valence-electron chi connectivity index (χ4n) is 11.5. The van der Waals surface area contributed by atoms with Crippen LogP contribution in [0.5, 0.6) is 0 Å². The number of anilines is 1. The molecule has 0 bridgehead atoms. The molecule has 4 aromatic rings. The van der Waals surface area contributed by atoms with Gasteiger partial charge in [0.1, 0.15) is 24.7 Å². The van der Waals surface area contributed by atoms with Crippen LogP contribution in [-0.4, -0.2) is 168 Å². The fourth-order valence-corrected chi connectivity index (χ4v) is 11.5. The number of aromatic amines is 1. The van der Waals surface area contributed by atoms with Gasteiger partial charge in [-0.3, -0.25) is 33.7 Å². The number of carbonyl (C=O) groups is 8. The average Bonchev–Trinajstić information content (AvgIpc) is 2.23. The highest BCUT2D eigenvalue weighted by Gasteiger charge is 2.44. The van der Waals surface area contributed by atoms with Gasteiger partial charge < -0.3 is 72.2 Å². The molecule has 0 saturated carbocycles. The van der Waals surface area contributed by atoms with Crippen molar-refractivity contribution in [2.45, 2.75) is 168 Å². The van der Waals surface area contributed by atoms with Gasteiger partial charge in [-0.1, -0.05) is 116 Å². The van der Waals surface area contributed by atoms with E-state index in [1.54, 1.807) is 87.1 Å². The molecule has 1 saturated heterocycles. The maximum atomic E-state index is 14.8. The minimum atomic E-state index is -1.06. The maximum Gasteiger partial charge on any atom is 0.410 e. The van der Waals surface area contributed by atoms with Gasteiger partial charge >= 0.3 is 12.1 Å². The molecule has 0 spiro atoms. The molecule has 9 amide bonds. The summed E-state index contributed by atoms with van der Waals surface area (Å²) in [6.45, 7) is 15.1. The number of likely N-dealkylation sites (tertiary alicyclic amines) is 1. The number of hydrogen-bond donors (Lipinski definition) is 9. The van der Waals surface area contributed by atoms with E-state index in [9.17, 15) is 43.5 Å². The lowest BCUT2D eigenvalue weighted by Gasteiger charge is -2.41. The summed E-state index contributed by atoms with van der Waals surface area (Å²) in [6, 6.07) is 16.8. The highest BCUT2D eigenvalue weighted by atomic mass is 16.6. The quantitative estimate of drug-likeness (QED) is 0.0273. The number of urea groups is 1. The van der Waals surface area contributed by atoms with Gasteiger partial charge in [-0.15, -0.1) is 0 Å². The molecule has 0 aliphatic carbocycles. The van der Waals surface area contributed by atoms with Crippen molar-refractivity contribution in [1.29, 1.82) is 0 Å². The van der Waals surface area contributed by atoms with Crippen molar-refractivity contribution in [3.8, 4) is 0 Å². The van der Waals surface area contributed by atoms with E-state index in [1.165, 1.54) is 26.2 Å². The van der Waals surface area contributed by atoms with Gasteiger partial charge in [0.2, 0.25) is 35.4 Å². The summed E-state index contributed by atoms with van der Waals surface area (Å²) in [4.78, 5) is 117. The molecule has 12 atom stereocenters. The molecule has 0 unspecified atom stereocenters. The number of likely N-dealkylation sites (N-methyl/N-ethyl adjacent to an activating group) is 2. The SMILES string of the molecule is CC[C@H](C)[C@@H]([C@@H](CC(=O)N1CCC[C@H]1[C@H](OC)[C@@H](C)C(=O)N[C@H](C)[C@@H](O)c1ccccc1)OC)N(C)C(=O)[C@@H](NC(=O)[C@H](C(C)C)N(C)C(=O)OCc1ccc(NC(=O)[C@H](CCCNC(N)=O)NC(=O)[C@@H](N)Cc2c[nH]c3ccccc23)cc1)C(C)C. The van der Waals surface area contributed by atoms with E-state index in [0.29, 0.717) is 49.0 Å². The number of amides is 9. The number of aromatic nitrogens is 1. The molecule has 11 N–H and O–H groups in total. The Labute approximate surface area is 512 Å². The van der Waals surface area contributed by atoms with E-state index in [-0.39, 0.29) is 50.1 Å². The van der Waals surface area contributed by atoms with E-state index in [0.717, 1.165) is 16.5 Å². The van der Waals surface area contributed by atoms with Gasteiger partial charge in [0, 0.05) is 64.2 Å². The minimum absolute atomic E-state index is 0.0788. The molecule has 1 aliphatic rings. The Balaban J connectivity index is 1.19. The Morgan fingerprint density at radius 2 is 1.46 bits per heavy atom. The van der Waals surface area contributed by atoms with E-state index in [4.69, 9.17) is 25.7 Å². The smallest absolute Gasteiger partial charge is 0.410 e. The number of fused-ring (bicyclic) bond motifs is 1. The van der Waals surface area contributed by atoms with Crippen molar-refractivity contribution in [3.05, 3.63) is 102 Å². The Morgan fingerprint density at radius 3 is 2.08 bits per heavy atom. The predicted molar refractivity (Wildman–Crippen MR) is 332 cm³/mol. The summed E-state index contributed by atoms with van der Waals surface area (Å²) in [5.74, 6) is -4.25. The molecule has 2 heterocycles. The number of para-hydroxylation sites is 1. The highest BCUT2D eigenvalue weighted by molar-refractivity contribution is 5.98. The number of nitrogens with zero attached hydrogens (tertiary/aromatic N) is 3. The largest absolute Gasteiger partial charge is 0.445 e. The fraction of sp³-hybridized carbons (Fsp3) is 0.562. The van der Waals surface area contributed by atoms with E-state index in [1.807, 2.05) is 70.2 Å². The van der Waals surface area contributed by atoms with Crippen LogP contribution in [0.4, 0.5) is 15.3 Å². The predicted octanol–water partition coefficient (Wildman–Crippen LogP) is 5.50. The van der Waals surface area contributed by atoms with Crippen molar-refractivity contribution in [2.75, 3.05) is 46.7 Å². The van der Waals surface area contributed by atoms with Crippen molar-refractivity contribution in [1.82, 2.24) is 41.0 Å². The molecule has 1 aliphatic heterocycles. The third-order valence-electron chi connectivity index (χ3n) is 16.7. The van der Waals surface area contributed by atoms with Gasteiger partial charge in [0.25, 0.3) is 0 Å². The van der Waals surface area contributed by atoms with Gasteiger partial charge in [-0.2, -0.15) is 0 Å². The van der Waals surface area contributed by atoms with Gasteiger partial charge in [0.15, 0.2) is 0 Å². The van der Waals surface area contributed by atoms with Gasteiger partial charge in [-0.05, 0) is 91.7 Å². The zero-order chi connectivity index (χ0) is 64.2. The number of H-pyrrole nitrogens is 1. The first-order chi connectivity index (χ1) is 41.3. The second-order valence-electron chi connectivity index (χ2n) is 23.7. The maximum absolute atomic E-state index is 14.8. The number of ether oxygens (including phenoxy) is 3. The Kier molecular flexibility index (Phi) is 27.0. The lowest BCUT2D eigenvalue weighted by Crippen LogP contribution is -2.60. The second-order valence-corrected chi connectivity index (χ2v) is 23.7. The summed E-state index contributed by atoms with van der Waals surface area (Å²) in [5, 5.41) is 25.8. The van der Waals surface area contributed by atoms with Crippen molar-refractivity contribution in [2.24, 2.45) is 35.1 Å². The van der Waals surface area contributed by atoms with Crippen molar-refractivity contribution in [3.63, 3.8) is 0 Å². The van der Waals surface area contributed by atoms with Gasteiger partial charge in [0.05, 0.1) is 54.8 Å². The summed E-state index contributed by atoms with van der Waals surface area (Å²) in [6.07, 6.45) is 1.19. The molecule has 0 radical (unpaired) electrons. The number of benzene rings is 3. The van der Waals surface area contributed by atoms with E-state index < -0.39 is 114 Å². The van der Waals surface area contributed by atoms with E-state index >= 15 is 0 Å². The first-order valence-electron chi connectivity index (χ1n) is 30.2. The third-order valence-corrected chi connectivity index (χ3v) is 16.7. The van der Waals surface area contributed by atoms with E-state index in [2.05, 4.69) is 31.6 Å². The number of aliphatic hydroxyl groups excluding tert-OH is 1. The summed E-state index contributed by atoms with van der Waals surface area (Å²) < 4.78 is 17.7. The van der Waals surface area contributed by atoms with Crippen LogP contribution in [0.2, 0.25) is 0 Å². The Bertz CT molecular complexity index is 2910. The van der Waals surface area contributed by atoms with Crippen molar-refractivity contribution >= 4 is 64.2 Å². The number of carbonyl (C=O) groups excluding carboxylic acids is 8. The third kappa shape index (κ3) is 19.2. The van der Waals surface area contributed by atoms with Crippen LogP contribution in [0.15, 0.2) is 85.1 Å². The normalized spacial score (nSPS) is 17.1. The molecule has 5 rings (SSSR count). The molecule has 3 aromatic carbocycles. The Hall–Kier alpha value is -7.60. The number of methoxy groups -OCH3 is 2. The van der Waals surface area contributed by atoms with Crippen LogP contribution in [0, 0.1) is 23.7 Å². The van der Waals surface area contributed by atoms with Crippen LogP contribution < -0.4 is 38.1 Å². The summed E-state index contributed by atoms with van der Waals surface area (Å²) in [5.41, 5.74) is 15.0. The zero-order valence-corrected chi connectivity index (χ0v) is 52.7. The molecular formula is C64H95N11O12. The number of primary amides is 1. The molecule has 23 heteroatoms. The van der Waals surface area contributed by atoms with Crippen LogP contribution >= 0.6 is 0 Å². The zero-order valence-electron chi connectivity index (χ0n) is 52.7. The Morgan fingerprint density at radius 1 is 0.793 bits per heavy atom. The summed E-state index contributed by atoms with van der Waals surface area (Å²) in [7, 11) is 6.12. The highest BCUT2D eigenvalue weighted by Crippen LogP contribution is 2.31. The number of hydrogen-bond acceptors (Lipinski definition) is 13. The molecule has 1 aromatic heterocycles. The molecule has 478 valence electrons. The van der Waals surface area contributed by atoms with Gasteiger partial charge in [-0.25, -0.2) is 9.59 Å². The minimum Gasteiger partial charge on any atom is -0.445 e. The monoisotopic (exact) mass is 1210 g/mol. The first-order valence-corrected chi connectivity index (χ1v) is 30.2. The standard InChI is InChI=1S/C64H95N11O12/c1-13-39(6)55(51(85-11)34-52(76)75-32-20-26-50(75)57(86-12)40(7)58(78)69-41(8)56(77)43-21-15-14-16-22-43)73(9)62(82)53(37(2)3)72-61(81)54(38(4)5)74(10)64(84)87-36-42-27-29-45(30-28-42)70-60(80)49(25-19-31-67-63(66)83)71-59(79)47(65)33-44-35-68-48-24-18-17-23-46(44)48/h14-18,21-24,27-30,35,37-41,47,49-51,53-57,68,77H,13,19-20,25-26,31-34,36,65H2,1-12H3,(H,69,78)(H,70,80)(H,71,79)(H,72,81)(H3,66,67,83)/t39-,40+,41+,47-,49-,50-,51+,53-,54-,55-,56+,57+/m0/s1. The topological polar surface area (TPSA) is 322 Å². The number of rotatable bonds is 32. The number of aliphatic hydroxyl groups is 1. The molecule has 23 nitrogen and oxygen atoms in total. The van der Waals surface area contributed by atoms with Crippen LogP contribution in [0.25, 0.3) is 10.9 Å². The average molecular weight is 1210 g/mol. The lowest BCUT2D eigenvalue weighted by molar-refractivity contribution is -0.148. The first kappa shape index (κ1) is 70.2. The molecular weight excluding hydrogens is 1110 g/mol. The van der Waals surface area contributed by atoms with Crippen LogP contribution in [0.3, 0.4) is 0 Å². The number of nitrogens with two attached hydrogens (primary N) is 2. The van der Waals surface area contributed by atoms with Crippen LogP contribution in [0.1, 0.15) is 117 Å². The molecule has 87 heavy (non-hydrogen) atoms. The second kappa shape index (κ2) is 33.5.